The van der Waals surface area contributed by atoms with Crippen molar-refractivity contribution in [3.05, 3.63) is 39.4 Å². The van der Waals surface area contributed by atoms with Crippen molar-refractivity contribution in [3.8, 4) is 11.5 Å². The van der Waals surface area contributed by atoms with E-state index in [1.54, 1.807) is 6.20 Å². The van der Waals surface area contributed by atoms with Gasteiger partial charge in [0.1, 0.15) is 5.82 Å². The molecule has 0 amide bonds. The molecule has 20 heavy (non-hydrogen) atoms. The molecule has 4 nitrogen and oxygen atoms in total. The Morgan fingerprint density at radius 1 is 1.05 bits per heavy atom. The van der Waals surface area contributed by atoms with Gasteiger partial charge < -0.3 is 14.8 Å². The van der Waals surface area contributed by atoms with Crippen LogP contribution in [0.1, 0.15) is 6.42 Å². The maximum absolute atomic E-state index is 5.67. The number of nitrogens with one attached hydrogen (secondary N) is 1. The fraction of sp³-hybridized carbons (Fsp3) is 0.214. The fourth-order valence-electron chi connectivity index (χ4n) is 1.88. The van der Waals surface area contributed by atoms with Crippen LogP contribution in [0.15, 0.2) is 39.4 Å². The minimum absolute atomic E-state index is 0.677. The van der Waals surface area contributed by atoms with E-state index in [9.17, 15) is 0 Å². The Morgan fingerprint density at radius 3 is 2.65 bits per heavy atom. The molecule has 0 saturated carbocycles. The molecule has 0 spiro atoms. The number of rotatable bonds is 2. The molecule has 3 rings (SSSR count). The SMILES string of the molecule is Brc1cnc(Nc2ccc3c(c2)OCCCO3)c(Br)c1. The minimum Gasteiger partial charge on any atom is -0.490 e. The highest BCUT2D eigenvalue weighted by Crippen LogP contribution is 2.34. The number of pyridine rings is 1. The second kappa shape index (κ2) is 6.01. The summed E-state index contributed by atoms with van der Waals surface area (Å²) < 4.78 is 13.1. The van der Waals surface area contributed by atoms with Gasteiger partial charge in [0.05, 0.1) is 17.7 Å². The minimum atomic E-state index is 0.677. The van der Waals surface area contributed by atoms with Gasteiger partial charge in [-0.15, -0.1) is 0 Å². The molecule has 2 heterocycles. The van der Waals surface area contributed by atoms with E-state index in [2.05, 4.69) is 42.2 Å². The number of fused-ring (bicyclic) bond motifs is 1. The number of benzene rings is 1. The number of nitrogens with zero attached hydrogens (tertiary/aromatic N) is 1. The predicted octanol–water partition coefficient (Wildman–Crippen LogP) is 4.51. The van der Waals surface area contributed by atoms with E-state index >= 15 is 0 Å². The van der Waals surface area contributed by atoms with Crippen LogP contribution in [0.3, 0.4) is 0 Å². The first-order chi connectivity index (χ1) is 9.72. The summed E-state index contributed by atoms with van der Waals surface area (Å²) in [6, 6.07) is 7.73. The second-order valence-corrected chi connectivity index (χ2v) is 6.09. The molecule has 1 aromatic heterocycles. The number of aromatic nitrogens is 1. The number of ether oxygens (including phenoxy) is 2. The molecular formula is C14H12Br2N2O2. The van der Waals surface area contributed by atoms with Crippen molar-refractivity contribution in [2.24, 2.45) is 0 Å². The van der Waals surface area contributed by atoms with Crippen LogP contribution in [0.25, 0.3) is 0 Å². The van der Waals surface area contributed by atoms with E-state index in [1.165, 1.54) is 0 Å². The van der Waals surface area contributed by atoms with Crippen molar-refractivity contribution in [1.29, 1.82) is 0 Å². The van der Waals surface area contributed by atoms with Gasteiger partial charge in [0.15, 0.2) is 11.5 Å². The molecule has 1 aromatic carbocycles. The van der Waals surface area contributed by atoms with Gasteiger partial charge in [-0.25, -0.2) is 4.98 Å². The van der Waals surface area contributed by atoms with Crippen molar-refractivity contribution in [3.63, 3.8) is 0 Å². The smallest absolute Gasteiger partial charge is 0.163 e. The van der Waals surface area contributed by atoms with Crippen LogP contribution in [-0.4, -0.2) is 18.2 Å². The molecule has 1 aliphatic heterocycles. The van der Waals surface area contributed by atoms with Crippen LogP contribution in [-0.2, 0) is 0 Å². The van der Waals surface area contributed by atoms with E-state index in [-0.39, 0.29) is 0 Å². The largest absolute Gasteiger partial charge is 0.490 e. The van der Waals surface area contributed by atoms with Crippen molar-refractivity contribution in [2.75, 3.05) is 18.5 Å². The Balaban J connectivity index is 1.86. The third-order valence-electron chi connectivity index (χ3n) is 2.82. The average Bonchev–Trinajstić information content (AvgIpc) is 2.66. The van der Waals surface area contributed by atoms with Gasteiger partial charge in [-0.2, -0.15) is 0 Å². The molecule has 0 atom stereocenters. The monoisotopic (exact) mass is 398 g/mol. The second-order valence-electron chi connectivity index (χ2n) is 4.32. The lowest BCUT2D eigenvalue weighted by molar-refractivity contribution is 0.297. The molecule has 0 bridgehead atoms. The van der Waals surface area contributed by atoms with E-state index in [1.807, 2.05) is 24.3 Å². The fourth-order valence-corrected chi connectivity index (χ4v) is 2.97. The Bertz CT molecular complexity index is 635. The molecule has 104 valence electrons. The summed E-state index contributed by atoms with van der Waals surface area (Å²) in [7, 11) is 0. The molecular weight excluding hydrogens is 388 g/mol. The summed E-state index contributed by atoms with van der Waals surface area (Å²) in [6.07, 6.45) is 2.65. The molecule has 0 fully saturated rings. The predicted molar refractivity (Wildman–Crippen MR) is 85.0 cm³/mol. The van der Waals surface area contributed by atoms with Crippen LogP contribution in [0, 0.1) is 0 Å². The number of hydrogen-bond donors (Lipinski definition) is 1. The first-order valence-electron chi connectivity index (χ1n) is 6.20. The number of halogens is 2. The average molecular weight is 400 g/mol. The van der Waals surface area contributed by atoms with Crippen molar-refractivity contribution in [1.82, 2.24) is 4.98 Å². The summed E-state index contributed by atoms with van der Waals surface area (Å²) in [5, 5.41) is 3.26. The molecule has 0 unspecified atom stereocenters. The number of hydrogen-bond acceptors (Lipinski definition) is 4. The van der Waals surface area contributed by atoms with Gasteiger partial charge in [0, 0.05) is 28.8 Å². The van der Waals surface area contributed by atoms with Crippen molar-refractivity contribution >= 4 is 43.4 Å². The third kappa shape index (κ3) is 3.07. The van der Waals surface area contributed by atoms with Gasteiger partial charge in [0.2, 0.25) is 0 Å². The zero-order valence-electron chi connectivity index (χ0n) is 10.5. The molecule has 6 heteroatoms. The third-order valence-corrected chi connectivity index (χ3v) is 3.86. The molecule has 0 radical (unpaired) electrons. The lowest BCUT2D eigenvalue weighted by Crippen LogP contribution is -1.97. The first kappa shape index (κ1) is 13.7. The van der Waals surface area contributed by atoms with E-state index in [0.717, 1.165) is 38.4 Å². The molecule has 1 N–H and O–H groups in total. The van der Waals surface area contributed by atoms with Crippen LogP contribution in [0.2, 0.25) is 0 Å². The standard InChI is InChI=1S/C14H12Br2N2O2/c15-9-6-11(16)14(17-8-9)18-10-2-3-12-13(7-10)20-5-1-4-19-12/h2-3,6-8H,1,4-5H2,(H,17,18). The quantitative estimate of drug-likeness (QED) is 0.806. The summed E-state index contributed by atoms with van der Waals surface area (Å²) >= 11 is 6.86. The topological polar surface area (TPSA) is 43.4 Å². The molecule has 1 aliphatic rings. The number of anilines is 2. The van der Waals surface area contributed by atoms with E-state index < -0.39 is 0 Å². The zero-order chi connectivity index (χ0) is 13.9. The van der Waals surface area contributed by atoms with Gasteiger partial charge in [-0.3, -0.25) is 0 Å². The van der Waals surface area contributed by atoms with Crippen molar-refractivity contribution < 1.29 is 9.47 Å². The Kier molecular flexibility index (Phi) is 4.12. The Hall–Kier alpha value is -1.27. The zero-order valence-corrected chi connectivity index (χ0v) is 13.7. The van der Waals surface area contributed by atoms with Crippen LogP contribution in [0.5, 0.6) is 11.5 Å². The van der Waals surface area contributed by atoms with Gasteiger partial charge in [-0.1, -0.05) is 0 Å². The van der Waals surface area contributed by atoms with Gasteiger partial charge in [0.25, 0.3) is 0 Å². The first-order valence-corrected chi connectivity index (χ1v) is 7.79. The molecule has 0 aliphatic carbocycles. The highest BCUT2D eigenvalue weighted by Gasteiger charge is 2.11. The Morgan fingerprint density at radius 2 is 1.85 bits per heavy atom. The lowest BCUT2D eigenvalue weighted by Gasteiger charge is -2.11. The van der Waals surface area contributed by atoms with Gasteiger partial charge >= 0.3 is 0 Å². The van der Waals surface area contributed by atoms with Gasteiger partial charge in [-0.05, 0) is 50.1 Å². The highest BCUT2D eigenvalue weighted by atomic mass is 79.9. The lowest BCUT2D eigenvalue weighted by atomic mass is 10.2. The normalized spacial score (nSPS) is 13.7. The maximum atomic E-state index is 5.67. The van der Waals surface area contributed by atoms with Crippen molar-refractivity contribution in [2.45, 2.75) is 6.42 Å². The summed E-state index contributed by atoms with van der Waals surface area (Å²) in [4.78, 5) is 4.33. The molecule has 0 saturated heterocycles. The maximum Gasteiger partial charge on any atom is 0.163 e. The van der Waals surface area contributed by atoms with Crippen LogP contribution in [0.4, 0.5) is 11.5 Å². The van der Waals surface area contributed by atoms with E-state index in [0.29, 0.717) is 13.2 Å². The summed E-state index contributed by atoms with van der Waals surface area (Å²) in [5.41, 5.74) is 0.907. The van der Waals surface area contributed by atoms with E-state index in [4.69, 9.17) is 9.47 Å². The molecule has 2 aromatic rings. The summed E-state index contributed by atoms with van der Waals surface area (Å²) in [5.74, 6) is 2.30. The van der Waals surface area contributed by atoms with Crippen LogP contribution < -0.4 is 14.8 Å². The van der Waals surface area contributed by atoms with Crippen LogP contribution >= 0.6 is 31.9 Å². The highest BCUT2D eigenvalue weighted by molar-refractivity contribution is 9.11. The Labute approximate surface area is 133 Å². The summed E-state index contributed by atoms with van der Waals surface area (Å²) in [6.45, 7) is 1.37.